The zero-order valence-electron chi connectivity index (χ0n) is 19.3. The largest absolute Gasteiger partial charge is 0.457 e. The van der Waals surface area contributed by atoms with Crippen molar-refractivity contribution in [2.24, 2.45) is 0 Å². The van der Waals surface area contributed by atoms with Crippen LogP contribution in [-0.2, 0) is 11.2 Å². The molecule has 0 radical (unpaired) electrons. The Morgan fingerprint density at radius 2 is 1.63 bits per heavy atom. The van der Waals surface area contributed by atoms with Crippen molar-refractivity contribution in [1.82, 2.24) is 4.98 Å². The van der Waals surface area contributed by atoms with Gasteiger partial charge in [-0.25, -0.2) is 4.98 Å². The molecule has 1 unspecified atom stereocenters. The number of nitrogens with one attached hydrogen (secondary N) is 2. The van der Waals surface area contributed by atoms with Crippen LogP contribution in [0.5, 0.6) is 11.5 Å². The van der Waals surface area contributed by atoms with E-state index >= 15 is 0 Å². The Bertz CT molecular complexity index is 1330. The SMILES string of the molecule is Cc1ccc(C(=O)Nc2nc3c(s2)CCCC3C(=O)Nc2ccc(Oc3ccccc3)cc2)cc1. The standard InChI is InChI=1S/C28H25N3O3S/c1-18-10-12-19(13-11-18)26(32)31-28-30-25-23(8-5-9-24(25)35-28)27(33)29-20-14-16-22(17-15-20)34-21-6-3-2-4-7-21/h2-4,6-7,10-17,23H,5,8-9H2,1H3,(H,29,33)(H,30,31,32). The fourth-order valence-electron chi connectivity index (χ4n) is 4.06. The van der Waals surface area contributed by atoms with E-state index in [4.69, 9.17) is 4.74 Å². The van der Waals surface area contributed by atoms with Crippen LogP contribution in [0.3, 0.4) is 0 Å². The molecule has 3 aromatic carbocycles. The fraction of sp³-hybridized carbons (Fsp3) is 0.179. The molecule has 35 heavy (non-hydrogen) atoms. The molecule has 0 saturated heterocycles. The summed E-state index contributed by atoms with van der Waals surface area (Å²) in [7, 11) is 0. The van der Waals surface area contributed by atoms with E-state index in [0.717, 1.165) is 41.1 Å². The molecule has 1 aliphatic rings. The van der Waals surface area contributed by atoms with Crippen molar-refractivity contribution in [2.75, 3.05) is 10.6 Å². The summed E-state index contributed by atoms with van der Waals surface area (Å²) in [5.74, 6) is 0.815. The predicted molar refractivity (Wildman–Crippen MR) is 139 cm³/mol. The first kappa shape index (κ1) is 22.8. The number of nitrogens with zero attached hydrogens (tertiary/aromatic N) is 1. The molecule has 7 heteroatoms. The van der Waals surface area contributed by atoms with Gasteiger partial charge >= 0.3 is 0 Å². The molecule has 0 bridgehead atoms. The molecular weight excluding hydrogens is 458 g/mol. The van der Waals surface area contributed by atoms with Gasteiger partial charge in [0.1, 0.15) is 11.5 Å². The number of carbonyl (C=O) groups excluding carboxylic acids is 2. The zero-order valence-corrected chi connectivity index (χ0v) is 20.1. The fourth-order valence-corrected chi connectivity index (χ4v) is 5.12. The van der Waals surface area contributed by atoms with Crippen molar-refractivity contribution in [3.05, 3.63) is 101 Å². The monoisotopic (exact) mass is 483 g/mol. The van der Waals surface area contributed by atoms with Crippen LogP contribution in [0.4, 0.5) is 10.8 Å². The Hall–Kier alpha value is -3.97. The number of fused-ring (bicyclic) bond motifs is 1. The summed E-state index contributed by atoms with van der Waals surface area (Å²) in [5, 5.41) is 6.43. The van der Waals surface area contributed by atoms with Gasteiger partial charge in [0, 0.05) is 16.1 Å². The highest BCUT2D eigenvalue weighted by Gasteiger charge is 2.30. The van der Waals surface area contributed by atoms with E-state index in [2.05, 4.69) is 15.6 Å². The minimum atomic E-state index is -0.347. The Labute approximate surface area is 208 Å². The minimum absolute atomic E-state index is 0.0932. The van der Waals surface area contributed by atoms with E-state index in [1.165, 1.54) is 11.3 Å². The van der Waals surface area contributed by atoms with E-state index in [1.54, 1.807) is 12.1 Å². The van der Waals surface area contributed by atoms with Gasteiger partial charge in [0.05, 0.1) is 11.6 Å². The van der Waals surface area contributed by atoms with E-state index in [0.29, 0.717) is 22.1 Å². The molecule has 1 heterocycles. The topological polar surface area (TPSA) is 80.3 Å². The average Bonchev–Trinajstić information content (AvgIpc) is 3.28. The highest BCUT2D eigenvalue weighted by molar-refractivity contribution is 7.16. The smallest absolute Gasteiger partial charge is 0.257 e. The molecule has 0 saturated carbocycles. The summed E-state index contributed by atoms with van der Waals surface area (Å²) in [5.41, 5.74) is 3.14. The zero-order chi connectivity index (χ0) is 24.2. The Kier molecular flexibility index (Phi) is 6.59. The second kappa shape index (κ2) is 10.1. The minimum Gasteiger partial charge on any atom is -0.457 e. The molecule has 176 valence electrons. The lowest BCUT2D eigenvalue weighted by atomic mass is 9.90. The van der Waals surface area contributed by atoms with Gasteiger partial charge in [-0.15, -0.1) is 11.3 Å². The molecular formula is C28H25N3O3S. The van der Waals surface area contributed by atoms with Crippen LogP contribution in [0, 0.1) is 6.92 Å². The van der Waals surface area contributed by atoms with Crippen molar-refractivity contribution in [3.8, 4) is 11.5 Å². The number of benzene rings is 3. The third-order valence-corrected chi connectivity index (χ3v) is 6.95. The summed E-state index contributed by atoms with van der Waals surface area (Å²) in [6.07, 6.45) is 2.49. The molecule has 0 aliphatic heterocycles. The van der Waals surface area contributed by atoms with Crippen molar-refractivity contribution in [2.45, 2.75) is 32.1 Å². The van der Waals surface area contributed by atoms with Crippen LogP contribution in [0.2, 0.25) is 0 Å². The second-order valence-electron chi connectivity index (χ2n) is 8.52. The Morgan fingerprint density at radius 1 is 0.914 bits per heavy atom. The molecule has 1 aromatic heterocycles. The molecule has 4 aromatic rings. The molecule has 2 amide bonds. The second-order valence-corrected chi connectivity index (χ2v) is 9.60. The van der Waals surface area contributed by atoms with E-state index in [1.807, 2.05) is 73.7 Å². The molecule has 0 fully saturated rings. The highest BCUT2D eigenvalue weighted by Crippen LogP contribution is 2.37. The summed E-state index contributed by atoms with van der Waals surface area (Å²) in [6.45, 7) is 1.98. The number of hydrogen-bond donors (Lipinski definition) is 2. The van der Waals surface area contributed by atoms with Crippen molar-refractivity contribution in [3.63, 3.8) is 0 Å². The summed E-state index contributed by atoms with van der Waals surface area (Å²) < 4.78 is 5.82. The number of carbonyl (C=O) groups is 2. The van der Waals surface area contributed by atoms with E-state index in [-0.39, 0.29) is 17.7 Å². The van der Waals surface area contributed by atoms with Gasteiger partial charge in [-0.1, -0.05) is 35.9 Å². The highest BCUT2D eigenvalue weighted by atomic mass is 32.1. The number of aromatic nitrogens is 1. The first-order chi connectivity index (χ1) is 17.0. The molecule has 1 aliphatic carbocycles. The lowest BCUT2D eigenvalue weighted by Gasteiger charge is -2.20. The van der Waals surface area contributed by atoms with Crippen molar-refractivity contribution >= 4 is 34.0 Å². The first-order valence-electron chi connectivity index (χ1n) is 11.6. The molecule has 6 nitrogen and oxygen atoms in total. The third-order valence-electron chi connectivity index (χ3n) is 5.91. The molecule has 1 atom stereocenters. The van der Waals surface area contributed by atoms with Crippen molar-refractivity contribution < 1.29 is 14.3 Å². The normalized spacial score (nSPS) is 14.6. The summed E-state index contributed by atoms with van der Waals surface area (Å²) >= 11 is 1.45. The summed E-state index contributed by atoms with van der Waals surface area (Å²) in [6, 6.07) is 24.3. The number of hydrogen-bond acceptors (Lipinski definition) is 5. The quantitative estimate of drug-likeness (QED) is 0.326. The van der Waals surface area contributed by atoms with Gasteiger partial charge < -0.3 is 10.1 Å². The summed E-state index contributed by atoms with van der Waals surface area (Å²) in [4.78, 5) is 31.4. The molecule has 5 rings (SSSR count). The number of anilines is 2. The van der Waals surface area contributed by atoms with Gasteiger partial charge in [-0.05, 0) is 74.7 Å². The number of thiazole rings is 1. The number of aryl methyl sites for hydroxylation is 2. The maximum absolute atomic E-state index is 13.1. The maximum Gasteiger partial charge on any atom is 0.257 e. The predicted octanol–water partition coefficient (Wildman–Crippen LogP) is 6.55. The number of para-hydroxylation sites is 1. The van der Waals surface area contributed by atoms with Crippen LogP contribution in [0.15, 0.2) is 78.9 Å². The van der Waals surface area contributed by atoms with E-state index in [9.17, 15) is 9.59 Å². The van der Waals surface area contributed by atoms with Gasteiger partial charge in [0.15, 0.2) is 5.13 Å². The van der Waals surface area contributed by atoms with Crippen LogP contribution < -0.4 is 15.4 Å². The number of rotatable bonds is 6. The first-order valence-corrected chi connectivity index (χ1v) is 12.4. The Balaban J connectivity index is 1.25. The van der Waals surface area contributed by atoms with Crippen LogP contribution in [0.1, 0.15) is 45.3 Å². The lowest BCUT2D eigenvalue weighted by Crippen LogP contribution is -2.24. The van der Waals surface area contributed by atoms with Crippen LogP contribution >= 0.6 is 11.3 Å². The number of amides is 2. The number of ether oxygens (including phenoxy) is 1. The maximum atomic E-state index is 13.1. The van der Waals surface area contributed by atoms with Crippen LogP contribution in [0.25, 0.3) is 0 Å². The third kappa shape index (κ3) is 5.41. The Morgan fingerprint density at radius 3 is 2.37 bits per heavy atom. The van der Waals surface area contributed by atoms with Gasteiger partial charge in [0.25, 0.3) is 5.91 Å². The lowest BCUT2D eigenvalue weighted by molar-refractivity contribution is -0.117. The van der Waals surface area contributed by atoms with Crippen LogP contribution in [-0.4, -0.2) is 16.8 Å². The molecule has 2 N–H and O–H groups in total. The van der Waals surface area contributed by atoms with Gasteiger partial charge in [0.2, 0.25) is 5.91 Å². The average molecular weight is 484 g/mol. The molecule has 0 spiro atoms. The van der Waals surface area contributed by atoms with Gasteiger partial charge in [-0.2, -0.15) is 0 Å². The van der Waals surface area contributed by atoms with E-state index < -0.39 is 0 Å². The van der Waals surface area contributed by atoms with Crippen molar-refractivity contribution in [1.29, 1.82) is 0 Å². The van der Waals surface area contributed by atoms with Gasteiger partial charge in [-0.3, -0.25) is 14.9 Å².